The van der Waals surface area contributed by atoms with Crippen molar-refractivity contribution in [1.29, 1.82) is 0 Å². The minimum atomic E-state index is 0.333. The lowest BCUT2D eigenvalue weighted by molar-refractivity contribution is 0.123. The Hall–Kier alpha value is -1.56. The van der Waals surface area contributed by atoms with Crippen LogP contribution in [0.4, 0.5) is 0 Å². The molecule has 0 aromatic heterocycles. The first-order valence-electron chi connectivity index (χ1n) is 26.6. The van der Waals surface area contributed by atoms with Crippen molar-refractivity contribution in [1.82, 2.24) is 39.6 Å². The summed E-state index contributed by atoms with van der Waals surface area (Å²) >= 11 is 0. The van der Waals surface area contributed by atoms with Crippen molar-refractivity contribution in [3.63, 3.8) is 0 Å². The average molecular weight is 906 g/mol. The summed E-state index contributed by atoms with van der Waals surface area (Å²) in [6.07, 6.45) is 16.1. The van der Waals surface area contributed by atoms with Gasteiger partial charge in [-0.25, -0.2) is 0 Å². The summed E-state index contributed by atoms with van der Waals surface area (Å²) in [6, 6.07) is 4.74. The molecule has 0 amide bonds. The Labute approximate surface area is 401 Å². The van der Waals surface area contributed by atoms with Gasteiger partial charge in [-0.1, -0.05) is 39.8 Å². The summed E-state index contributed by atoms with van der Waals surface area (Å²) in [4.78, 5) is 17.0. The van der Waals surface area contributed by atoms with E-state index in [1.54, 1.807) is 0 Å². The highest BCUT2D eigenvalue weighted by Crippen LogP contribution is 2.22. The third-order valence-corrected chi connectivity index (χ3v) is 14.8. The molecule has 382 valence electrons. The van der Waals surface area contributed by atoms with Gasteiger partial charge < -0.3 is 51.1 Å². The molecule has 5 aliphatic heterocycles. The van der Waals surface area contributed by atoms with E-state index in [9.17, 15) is 0 Å². The van der Waals surface area contributed by atoms with Crippen LogP contribution >= 0.6 is 0 Å². The van der Waals surface area contributed by atoms with Crippen LogP contribution in [0.2, 0.25) is 0 Å². The van der Waals surface area contributed by atoms with Gasteiger partial charge in [0.1, 0.15) is 0 Å². The molecule has 10 nitrogen and oxygen atoms in total. The second-order valence-corrected chi connectivity index (χ2v) is 22.6. The molecule has 10 heteroatoms. The maximum Gasteiger partial charge on any atom is 0.0912 e. The quantitative estimate of drug-likeness (QED) is 0.197. The number of likely N-dealkylation sites (tertiary alicyclic amines) is 5. The normalized spacial score (nSPS) is 20.9. The van der Waals surface area contributed by atoms with Gasteiger partial charge in [-0.3, -0.25) is 0 Å². The number of rotatable bonds is 10. The summed E-state index contributed by atoms with van der Waals surface area (Å²) in [5, 5.41) is 3.20. The summed E-state index contributed by atoms with van der Waals surface area (Å²) in [5.74, 6) is 3.27. The van der Waals surface area contributed by atoms with Crippen molar-refractivity contribution >= 4 is 0 Å². The first kappa shape index (κ1) is 62.4. The van der Waals surface area contributed by atoms with Gasteiger partial charge in [0.15, 0.2) is 0 Å². The van der Waals surface area contributed by atoms with Crippen molar-refractivity contribution in [3.05, 3.63) is 24.8 Å². The van der Waals surface area contributed by atoms with E-state index in [1.807, 2.05) is 7.05 Å². The second kappa shape index (κ2) is 33.8. The first-order chi connectivity index (χ1) is 29.8. The van der Waals surface area contributed by atoms with Crippen LogP contribution in [0.5, 0.6) is 0 Å². The van der Waals surface area contributed by atoms with Crippen LogP contribution in [0.15, 0.2) is 24.8 Å². The molecule has 0 unspecified atom stereocenters. The zero-order chi connectivity index (χ0) is 49.2. The van der Waals surface area contributed by atoms with Crippen molar-refractivity contribution in [2.24, 2.45) is 23.3 Å². The number of nitrogens with zero attached hydrogens (tertiary/aromatic N) is 7. The fraction of sp³-hybridized carbons (Fsp3) is 0.926. The molecule has 0 spiro atoms. The Morgan fingerprint density at radius 1 is 0.547 bits per heavy atom. The molecule has 5 saturated heterocycles. The molecule has 0 aliphatic carbocycles. The molecule has 64 heavy (non-hydrogen) atoms. The van der Waals surface area contributed by atoms with Crippen LogP contribution in [0.25, 0.3) is 0 Å². The lowest BCUT2D eigenvalue weighted by atomic mass is 9.94. The van der Waals surface area contributed by atoms with Crippen LogP contribution in [0, 0.1) is 11.8 Å². The van der Waals surface area contributed by atoms with E-state index in [0.717, 1.165) is 30.0 Å². The maximum atomic E-state index is 5.68. The molecule has 5 aliphatic rings. The van der Waals surface area contributed by atoms with Crippen LogP contribution in [0.1, 0.15) is 181 Å². The number of piperidine rings is 5. The fourth-order valence-corrected chi connectivity index (χ4v) is 8.70. The van der Waals surface area contributed by atoms with E-state index in [2.05, 4.69) is 171 Å². The fourth-order valence-electron chi connectivity index (χ4n) is 8.70. The van der Waals surface area contributed by atoms with Gasteiger partial charge in [-0.05, 0) is 219 Å². The average Bonchev–Trinajstić information content (AvgIpc) is 3.24. The van der Waals surface area contributed by atoms with E-state index in [0.29, 0.717) is 41.3 Å². The van der Waals surface area contributed by atoms with E-state index in [1.165, 1.54) is 142 Å². The van der Waals surface area contributed by atoms with Crippen LogP contribution in [0.3, 0.4) is 0 Å². The molecule has 0 atom stereocenters. The molecule has 5 heterocycles. The van der Waals surface area contributed by atoms with Gasteiger partial charge in [0.05, 0.1) is 11.6 Å². The summed E-state index contributed by atoms with van der Waals surface area (Å²) in [7, 11) is 6.21. The molecule has 0 radical (unpaired) electrons. The van der Waals surface area contributed by atoms with Gasteiger partial charge in [0.2, 0.25) is 0 Å². The highest BCUT2D eigenvalue weighted by molar-refractivity contribution is 4.92. The third kappa shape index (κ3) is 28.6. The van der Waals surface area contributed by atoms with Gasteiger partial charge in [0.25, 0.3) is 0 Å². The smallest absolute Gasteiger partial charge is 0.0912 e. The van der Waals surface area contributed by atoms with E-state index in [4.69, 9.17) is 11.5 Å². The molecule has 5 fully saturated rings. The molecule has 5 N–H and O–H groups in total. The lowest BCUT2D eigenvalue weighted by Crippen LogP contribution is -2.46. The number of nitrogens with one attached hydrogen (secondary N) is 1. The van der Waals surface area contributed by atoms with Gasteiger partial charge >= 0.3 is 0 Å². The maximum absolute atomic E-state index is 5.68. The molecule has 0 aromatic rings. The summed E-state index contributed by atoms with van der Waals surface area (Å²) in [6.45, 7) is 54.1. The van der Waals surface area contributed by atoms with E-state index < -0.39 is 0 Å². The molecule has 5 rings (SSSR count). The number of hydrogen-bond donors (Lipinski definition) is 3. The number of hydrogen-bond acceptors (Lipinski definition) is 10. The van der Waals surface area contributed by atoms with Crippen molar-refractivity contribution in [2.75, 3.05) is 86.6 Å². The molecule has 0 saturated carbocycles. The van der Waals surface area contributed by atoms with Crippen LogP contribution in [-0.4, -0.2) is 169 Å². The first-order valence-corrected chi connectivity index (χ1v) is 26.6. The minimum absolute atomic E-state index is 0.333. The molecular weight excluding hydrogens is 789 g/mol. The van der Waals surface area contributed by atoms with Crippen molar-refractivity contribution in [2.45, 2.75) is 229 Å². The standard InChI is InChI=1S/C11H23N3.C10H21N3.C10H21N.C9H19N.C8H17N.C6H15N/c1-9(2)14-7-5-11(6-8-14)13(4)10(3)12;1-8(2)13-6-4-10(5-7-13)12-9(3)11;1-4-10-5-7-11(8-6-10)9(2)3;1-8(2)10-6-4-9(3)5-7-10;1-8(2)9-6-4-3-5-7-9;1-6(2,3)7(4)5/h9,11H,3,5-8,12H2,1-2,4H3;8,10,12H,3-7,11H2,1-2H3;9-10H,4-8H2,1-3H3;8-9H,4-7H2,1-3H3;8H,3-7H2,1-2H3;1-5H3. The Morgan fingerprint density at radius 2 is 0.859 bits per heavy atom. The highest BCUT2D eigenvalue weighted by atomic mass is 15.2. The van der Waals surface area contributed by atoms with Crippen LogP contribution < -0.4 is 16.8 Å². The van der Waals surface area contributed by atoms with Crippen molar-refractivity contribution in [3.8, 4) is 0 Å². The molecule has 0 bridgehead atoms. The van der Waals surface area contributed by atoms with Gasteiger partial charge in [-0.2, -0.15) is 0 Å². The largest absolute Gasteiger partial charge is 0.386 e. The van der Waals surface area contributed by atoms with Gasteiger partial charge in [-0.15, -0.1) is 0 Å². The Balaban J connectivity index is 0.000000754. The van der Waals surface area contributed by atoms with E-state index in [-0.39, 0.29) is 0 Å². The van der Waals surface area contributed by atoms with Gasteiger partial charge in [0, 0.05) is 81.1 Å². The predicted molar refractivity (Wildman–Crippen MR) is 286 cm³/mol. The Bertz CT molecular complexity index is 1130. The molecular formula is C54H116N10. The second-order valence-electron chi connectivity index (χ2n) is 22.6. The summed E-state index contributed by atoms with van der Waals surface area (Å²) < 4.78 is 0. The monoisotopic (exact) mass is 905 g/mol. The van der Waals surface area contributed by atoms with Crippen molar-refractivity contribution < 1.29 is 0 Å². The Kier molecular flexibility index (Phi) is 33.0. The minimum Gasteiger partial charge on any atom is -0.386 e. The van der Waals surface area contributed by atoms with Crippen LogP contribution in [-0.2, 0) is 0 Å². The zero-order valence-corrected chi connectivity index (χ0v) is 46.5. The summed E-state index contributed by atoms with van der Waals surface area (Å²) in [5.41, 5.74) is 11.5. The lowest BCUT2D eigenvalue weighted by Gasteiger charge is -2.39. The Morgan fingerprint density at radius 3 is 1.14 bits per heavy atom. The number of nitrogens with two attached hydrogens (primary N) is 2. The highest BCUT2D eigenvalue weighted by Gasteiger charge is 2.24. The molecule has 0 aromatic carbocycles. The predicted octanol–water partition coefficient (Wildman–Crippen LogP) is 9.97. The third-order valence-electron chi connectivity index (χ3n) is 14.8. The zero-order valence-electron chi connectivity index (χ0n) is 46.5. The topological polar surface area (TPSA) is 86.7 Å². The SMILES string of the molecule is C=C(N)N(C)C1CCN(C(C)C)CC1.C=C(N)NC1CCN(C(C)C)CC1.CC(C)N1CCCCC1.CC1CCN(C(C)C)CC1.CCC1CCN(C(C)C)CC1.CN(C)C(C)(C)C. The van der Waals surface area contributed by atoms with E-state index >= 15 is 0 Å².